The highest BCUT2D eigenvalue weighted by atomic mass is 16.4. The van der Waals surface area contributed by atoms with Gasteiger partial charge in [0, 0.05) is 14.1 Å². The summed E-state index contributed by atoms with van der Waals surface area (Å²) in [6.07, 6.45) is 1.20. The molecule has 1 saturated carbocycles. The zero-order chi connectivity index (χ0) is 15.6. The van der Waals surface area contributed by atoms with Gasteiger partial charge in [0.05, 0.1) is 23.2 Å². The smallest absolute Gasteiger partial charge is 0.307 e. The van der Waals surface area contributed by atoms with Gasteiger partial charge in [0.15, 0.2) is 0 Å². The van der Waals surface area contributed by atoms with E-state index < -0.39 is 17.8 Å². The van der Waals surface area contributed by atoms with E-state index in [1.165, 1.54) is 0 Å². The largest absolute Gasteiger partial charge is 0.481 e. The second-order valence-electron chi connectivity index (χ2n) is 6.03. The first-order valence-corrected chi connectivity index (χ1v) is 7.20. The van der Waals surface area contributed by atoms with Gasteiger partial charge in [0.1, 0.15) is 0 Å². The molecule has 5 nitrogen and oxygen atoms in total. The first-order valence-electron chi connectivity index (χ1n) is 7.20. The van der Waals surface area contributed by atoms with Crippen LogP contribution >= 0.6 is 0 Å². The molecule has 0 spiro atoms. The fourth-order valence-corrected chi connectivity index (χ4v) is 3.05. The SMILES string of the molecule is CC1C[C@H](C(=O)Nc2ccccc2N(C)C)[C@H](C(=O)O)C1. The van der Waals surface area contributed by atoms with E-state index in [0.717, 1.165) is 11.4 Å². The molecule has 114 valence electrons. The van der Waals surface area contributed by atoms with Crippen LogP contribution in [0.5, 0.6) is 0 Å². The van der Waals surface area contributed by atoms with Gasteiger partial charge >= 0.3 is 5.97 Å². The third-order valence-electron chi connectivity index (χ3n) is 4.10. The average molecular weight is 290 g/mol. The van der Waals surface area contributed by atoms with Crippen molar-refractivity contribution in [3.63, 3.8) is 0 Å². The number of carbonyl (C=O) groups excluding carboxylic acids is 1. The van der Waals surface area contributed by atoms with Crippen molar-refractivity contribution in [3.8, 4) is 0 Å². The Balaban J connectivity index is 2.16. The van der Waals surface area contributed by atoms with Crippen LogP contribution in [0.15, 0.2) is 24.3 Å². The highest BCUT2D eigenvalue weighted by molar-refractivity contribution is 5.98. The van der Waals surface area contributed by atoms with Crippen LogP contribution in [0.3, 0.4) is 0 Å². The molecule has 0 heterocycles. The Morgan fingerprint density at radius 2 is 1.81 bits per heavy atom. The van der Waals surface area contributed by atoms with Crippen LogP contribution in [-0.4, -0.2) is 31.1 Å². The maximum atomic E-state index is 12.5. The van der Waals surface area contributed by atoms with Crippen LogP contribution < -0.4 is 10.2 Å². The van der Waals surface area contributed by atoms with E-state index in [-0.39, 0.29) is 11.8 Å². The summed E-state index contributed by atoms with van der Waals surface area (Å²) in [4.78, 5) is 25.7. The number of para-hydroxylation sites is 2. The maximum absolute atomic E-state index is 12.5. The second kappa shape index (κ2) is 6.16. The van der Waals surface area contributed by atoms with Crippen molar-refractivity contribution in [2.45, 2.75) is 19.8 Å². The minimum Gasteiger partial charge on any atom is -0.481 e. The van der Waals surface area contributed by atoms with Crippen LogP contribution in [0, 0.1) is 17.8 Å². The molecule has 21 heavy (non-hydrogen) atoms. The maximum Gasteiger partial charge on any atom is 0.307 e. The molecule has 2 rings (SSSR count). The molecular weight excluding hydrogens is 268 g/mol. The predicted molar refractivity (Wildman–Crippen MR) is 82.4 cm³/mol. The zero-order valence-electron chi connectivity index (χ0n) is 12.7. The second-order valence-corrected chi connectivity index (χ2v) is 6.03. The standard InChI is InChI=1S/C16H22N2O3/c1-10-8-11(12(9-10)16(20)21)15(19)17-13-6-4-5-7-14(13)18(2)3/h4-7,10-12H,8-9H2,1-3H3,(H,17,19)(H,20,21)/t10?,11-,12+/m0/s1. The molecule has 1 aliphatic rings. The number of amides is 1. The minimum atomic E-state index is -0.875. The molecule has 1 aromatic rings. The average Bonchev–Trinajstić information content (AvgIpc) is 2.81. The molecule has 1 fully saturated rings. The monoisotopic (exact) mass is 290 g/mol. The summed E-state index contributed by atoms with van der Waals surface area (Å²) in [6, 6.07) is 7.51. The van der Waals surface area contributed by atoms with Gasteiger partial charge in [-0.1, -0.05) is 19.1 Å². The molecule has 5 heteroatoms. The van der Waals surface area contributed by atoms with Crippen molar-refractivity contribution >= 4 is 23.3 Å². The molecule has 3 atom stereocenters. The highest BCUT2D eigenvalue weighted by Gasteiger charge is 2.41. The molecule has 0 aromatic heterocycles. The third-order valence-corrected chi connectivity index (χ3v) is 4.10. The normalized spacial score (nSPS) is 24.6. The Labute approximate surface area is 125 Å². The summed E-state index contributed by atoms with van der Waals surface area (Å²) in [5.41, 5.74) is 1.62. The van der Waals surface area contributed by atoms with E-state index in [4.69, 9.17) is 0 Å². The molecule has 0 radical (unpaired) electrons. The van der Waals surface area contributed by atoms with Crippen LogP contribution in [0.4, 0.5) is 11.4 Å². The number of carbonyl (C=O) groups is 2. The van der Waals surface area contributed by atoms with E-state index in [9.17, 15) is 14.7 Å². The van der Waals surface area contributed by atoms with Crippen LogP contribution in [-0.2, 0) is 9.59 Å². The Morgan fingerprint density at radius 1 is 1.19 bits per heavy atom. The van der Waals surface area contributed by atoms with E-state index >= 15 is 0 Å². The molecule has 1 aromatic carbocycles. The molecule has 0 bridgehead atoms. The predicted octanol–water partition coefficient (Wildman–Crippen LogP) is 2.44. The molecule has 2 N–H and O–H groups in total. The number of hydrogen-bond donors (Lipinski definition) is 2. The van der Waals surface area contributed by atoms with Crippen molar-refractivity contribution in [2.24, 2.45) is 17.8 Å². The quantitative estimate of drug-likeness (QED) is 0.893. The number of benzene rings is 1. The van der Waals surface area contributed by atoms with Gasteiger partial charge in [0.25, 0.3) is 0 Å². The summed E-state index contributed by atoms with van der Waals surface area (Å²) in [6.45, 7) is 2.00. The Kier molecular flexibility index (Phi) is 4.50. The number of hydrogen-bond acceptors (Lipinski definition) is 3. The fourth-order valence-electron chi connectivity index (χ4n) is 3.05. The lowest BCUT2D eigenvalue weighted by molar-refractivity contribution is -0.145. The topological polar surface area (TPSA) is 69.6 Å². The first-order chi connectivity index (χ1) is 9.90. The number of rotatable bonds is 4. The third kappa shape index (κ3) is 3.35. The number of anilines is 2. The molecule has 0 saturated heterocycles. The van der Waals surface area contributed by atoms with Crippen LogP contribution in [0.1, 0.15) is 19.8 Å². The van der Waals surface area contributed by atoms with Crippen molar-refractivity contribution in [1.29, 1.82) is 0 Å². The van der Waals surface area contributed by atoms with Gasteiger partial charge in [-0.25, -0.2) is 0 Å². The number of nitrogens with one attached hydrogen (secondary N) is 1. The molecule has 1 unspecified atom stereocenters. The van der Waals surface area contributed by atoms with E-state index in [2.05, 4.69) is 5.32 Å². The number of nitrogens with zero attached hydrogens (tertiary/aromatic N) is 1. The number of carboxylic acid groups (broad SMARTS) is 1. The molecule has 1 aliphatic carbocycles. The summed E-state index contributed by atoms with van der Waals surface area (Å²) >= 11 is 0. The lowest BCUT2D eigenvalue weighted by atomic mass is 9.95. The Hall–Kier alpha value is -2.04. The fraction of sp³-hybridized carbons (Fsp3) is 0.500. The first kappa shape index (κ1) is 15.4. The molecule has 0 aliphatic heterocycles. The van der Waals surface area contributed by atoms with Gasteiger partial charge in [-0.2, -0.15) is 0 Å². The molecule has 1 amide bonds. The van der Waals surface area contributed by atoms with Gasteiger partial charge in [0.2, 0.25) is 5.91 Å². The van der Waals surface area contributed by atoms with E-state index in [1.807, 2.05) is 50.2 Å². The van der Waals surface area contributed by atoms with E-state index in [1.54, 1.807) is 0 Å². The Bertz CT molecular complexity index is 542. The zero-order valence-corrected chi connectivity index (χ0v) is 12.7. The van der Waals surface area contributed by atoms with E-state index in [0.29, 0.717) is 12.8 Å². The van der Waals surface area contributed by atoms with Gasteiger partial charge in [-0.05, 0) is 30.9 Å². The lowest BCUT2D eigenvalue weighted by Crippen LogP contribution is -2.30. The summed E-state index contributed by atoms with van der Waals surface area (Å²) in [5, 5.41) is 12.2. The minimum absolute atomic E-state index is 0.193. The Morgan fingerprint density at radius 3 is 2.43 bits per heavy atom. The van der Waals surface area contributed by atoms with Crippen molar-refractivity contribution < 1.29 is 14.7 Å². The number of carboxylic acids is 1. The van der Waals surface area contributed by atoms with Crippen molar-refractivity contribution in [2.75, 3.05) is 24.3 Å². The highest BCUT2D eigenvalue weighted by Crippen LogP contribution is 2.37. The van der Waals surface area contributed by atoms with Crippen molar-refractivity contribution in [3.05, 3.63) is 24.3 Å². The molecular formula is C16H22N2O3. The van der Waals surface area contributed by atoms with Crippen LogP contribution in [0.2, 0.25) is 0 Å². The van der Waals surface area contributed by atoms with Gasteiger partial charge < -0.3 is 15.3 Å². The lowest BCUT2D eigenvalue weighted by Gasteiger charge is -2.20. The number of aliphatic carboxylic acids is 1. The summed E-state index contributed by atoms with van der Waals surface area (Å²) < 4.78 is 0. The van der Waals surface area contributed by atoms with Gasteiger partial charge in [-0.3, -0.25) is 9.59 Å². The van der Waals surface area contributed by atoms with Crippen molar-refractivity contribution in [1.82, 2.24) is 0 Å². The van der Waals surface area contributed by atoms with Crippen LogP contribution in [0.25, 0.3) is 0 Å². The summed E-state index contributed by atoms with van der Waals surface area (Å²) in [7, 11) is 3.81. The summed E-state index contributed by atoms with van der Waals surface area (Å²) in [5.74, 6) is -1.83. The van der Waals surface area contributed by atoms with Gasteiger partial charge in [-0.15, -0.1) is 0 Å².